The molecule has 0 aliphatic carbocycles. The molecule has 8 nitrogen and oxygen atoms in total. The van der Waals surface area contributed by atoms with Crippen molar-refractivity contribution in [3.63, 3.8) is 0 Å². The second kappa shape index (κ2) is 8.03. The van der Waals surface area contributed by atoms with Gasteiger partial charge in [0.05, 0.1) is 11.9 Å². The van der Waals surface area contributed by atoms with Crippen molar-refractivity contribution in [2.45, 2.75) is 32.0 Å². The predicted molar refractivity (Wildman–Crippen MR) is 97.2 cm³/mol. The first-order valence-electron chi connectivity index (χ1n) is 8.95. The summed E-state index contributed by atoms with van der Waals surface area (Å²) in [5.41, 5.74) is 0.744. The van der Waals surface area contributed by atoms with Crippen LogP contribution in [-0.4, -0.2) is 62.4 Å². The van der Waals surface area contributed by atoms with Crippen LogP contribution in [0.25, 0.3) is 0 Å². The summed E-state index contributed by atoms with van der Waals surface area (Å²) in [5, 5.41) is 7.13. The van der Waals surface area contributed by atoms with Gasteiger partial charge in [0, 0.05) is 45.1 Å². The molecule has 0 spiro atoms. The maximum absolute atomic E-state index is 12.6. The third-order valence-electron chi connectivity index (χ3n) is 4.55. The molecule has 1 saturated heterocycles. The Labute approximate surface area is 160 Å². The van der Waals surface area contributed by atoms with Crippen molar-refractivity contribution >= 4 is 23.4 Å². The fourth-order valence-electron chi connectivity index (χ4n) is 3.21. The van der Waals surface area contributed by atoms with E-state index < -0.39 is 18.5 Å². The molecule has 2 aromatic rings. The van der Waals surface area contributed by atoms with Gasteiger partial charge in [-0.3, -0.25) is 9.48 Å². The van der Waals surface area contributed by atoms with E-state index in [1.165, 1.54) is 4.90 Å². The second-order valence-electron chi connectivity index (χ2n) is 6.65. The van der Waals surface area contributed by atoms with E-state index in [1.54, 1.807) is 36.4 Å². The monoisotopic (exact) mass is 397 g/mol. The Bertz CT molecular complexity index is 823. The molecule has 11 heteroatoms. The van der Waals surface area contributed by atoms with Crippen LogP contribution >= 0.6 is 0 Å². The van der Waals surface area contributed by atoms with Crippen molar-refractivity contribution in [2.24, 2.45) is 7.05 Å². The summed E-state index contributed by atoms with van der Waals surface area (Å²) in [6, 6.07) is 1.45. The molecule has 0 aromatic carbocycles. The van der Waals surface area contributed by atoms with E-state index in [1.807, 2.05) is 11.8 Å². The summed E-state index contributed by atoms with van der Waals surface area (Å²) in [5.74, 6) is 0.178. The average Bonchev–Trinajstić information content (AvgIpc) is 3.04. The number of hydrogen-bond donors (Lipinski definition) is 1. The number of carbonyl (C=O) groups is 1. The van der Waals surface area contributed by atoms with Crippen LogP contribution in [0, 0.1) is 0 Å². The van der Waals surface area contributed by atoms with Crippen LogP contribution in [0.2, 0.25) is 0 Å². The van der Waals surface area contributed by atoms with E-state index in [0.29, 0.717) is 31.3 Å². The van der Waals surface area contributed by atoms with E-state index in [9.17, 15) is 18.0 Å². The first-order valence-corrected chi connectivity index (χ1v) is 8.95. The maximum atomic E-state index is 12.6. The third kappa shape index (κ3) is 4.90. The lowest BCUT2D eigenvalue weighted by Crippen LogP contribution is -2.55. The van der Waals surface area contributed by atoms with Gasteiger partial charge < -0.3 is 15.1 Å². The number of aryl methyl sites for hydroxylation is 1. The Morgan fingerprint density at radius 2 is 2.14 bits per heavy atom. The van der Waals surface area contributed by atoms with Gasteiger partial charge >= 0.3 is 6.18 Å². The minimum Gasteiger partial charge on any atom is -0.353 e. The summed E-state index contributed by atoms with van der Waals surface area (Å²) >= 11 is 0. The van der Waals surface area contributed by atoms with Crippen molar-refractivity contribution in [3.8, 4) is 0 Å². The molecule has 0 saturated carbocycles. The quantitative estimate of drug-likeness (QED) is 0.834. The lowest BCUT2D eigenvalue weighted by atomic mass is 10.1. The normalized spacial score (nSPS) is 17.7. The van der Waals surface area contributed by atoms with E-state index in [0.717, 1.165) is 5.69 Å². The van der Waals surface area contributed by atoms with Gasteiger partial charge in [0.15, 0.2) is 0 Å². The van der Waals surface area contributed by atoms with Crippen LogP contribution in [0.1, 0.15) is 19.8 Å². The summed E-state index contributed by atoms with van der Waals surface area (Å²) in [6.07, 6.45) is -0.306. The number of halogens is 3. The number of nitrogens with one attached hydrogen (secondary N) is 1. The molecule has 152 valence electrons. The van der Waals surface area contributed by atoms with Crippen LogP contribution in [0.5, 0.6) is 0 Å². The van der Waals surface area contributed by atoms with Gasteiger partial charge in [-0.05, 0) is 12.5 Å². The second-order valence-corrected chi connectivity index (χ2v) is 6.65. The third-order valence-corrected chi connectivity index (χ3v) is 4.55. The minimum atomic E-state index is -4.49. The molecule has 1 amide bonds. The smallest absolute Gasteiger partial charge is 0.353 e. The number of nitrogens with zero attached hydrogens (tertiary/aromatic N) is 6. The number of anilines is 3. The van der Waals surface area contributed by atoms with Gasteiger partial charge in [0.2, 0.25) is 11.9 Å². The van der Waals surface area contributed by atoms with Crippen LogP contribution in [0.15, 0.2) is 24.7 Å². The molecular weight excluding hydrogens is 375 g/mol. The van der Waals surface area contributed by atoms with Gasteiger partial charge in [-0.1, -0.05) is 6.92 Å². The van der Waals surface area contributed by atoms with Crippen LogP contribution in [0.4, 0.5) is 30.6 Å². The minimum absolute atomic E-state index is 0.225. The van der Waals surface area contributed by atoms with Crippen molar-refractivity contribution in [1.82, 2.24) is 24.6 Å². The predicted octanol–water partition coefficient (Wildman–Crippen LogP) is 2.33. The molecule has 2 aromatic heterocycles. The highest BCUT2D eigenvalue weighted by molar-refractivity contribution is 5.77. The zero-order chi connectivity index (χ0) is 20.3. The van der Waals surface area contributed by atoms with Gasteiger partial charge in [-0.25, -0.2) is 4.98 Å². The first kappa shape index (κ1) is 19.9. The fraction of sp³-hybridized carbons (Fsp3) is 0.529. The molecule has 0 radical (unpaired) electrons. The molecule has 3 rings (SSSR count). The van der Waals surface area contributed by atoms with E-state index >= 15 is 0 Å². The van der Waals surface area contributed by atoms with Crippen molar-refractivity contribution < 1.29 is 18.0 Å². The number of alkyl halides is 3. The lowest BCUT2D eigenvalue weighted by molar-refractivity contribution is -0.163. The maximum Gasteiger partial charge on any atom is 0.397 e. The summed E-state index contributed by atoms with van der Waals surface area (Å²) in [6.45, 7) is 2.91. The number of hydrogen-bond acceptors (Lipinski definition) is 6. The van der Waals surface area contributed by atoms with Gasteiger partial charge in [0.25, 0.3) is 0 Å². The Morgan fingerprint density at radius 1 is 1.36 bits per heavy atom. The number of amides is 1. The standard InChI is InChI=1S/C17H22F3N7O/c1-3-13-11-26(6-7-27(13)15(28)8-17(18,19)20)14-4-5-21-16(24-14)23-12-9-22-25(2)10-12/h4-5,9-10,13H,3,6-8,11H2,1-2H3,(H,21,23,24)/t13-/m0/s1. The topological polar surface area (TPSA) is 79.2 Å². The summed E-state index contributed by atoms with van der Waals surface area (Å²) in [4.78, 5) is 24.0. The average molecular weight is 397 g/mol. The van der Waals surface area contributed by atoms with Crippen LogP contribution in [-0.2, 0) is 11.8 Å². The number of aromatic nitrogens is 4. The SMILES string of the molecule is CC[C@H]1CN(c2ccnc(Nc3cnn(C)c3)n2)CCN1C(=O)CC(F)(F)F. The van der Waals surface area contributed by atoms with E-state index in [2.05, 4.69) is 20.4 Å². The zero-order valence-corrected chi connectivity index (χ0v) is 15.6. The first-order chi connectivity index (χ1) is 13.2. The molecular formula is C17H22F3N7O. The Balaban J connectivity index is 1.68. The molecule has 1 aliphatic heterocycles. The summed E-state index contributed by atoms with van der Waals surface area (Å²) < 4.78 is 39.4. The van der Waals surface area contributed by atoms with E-state index in [4.69, 9.17) is 0 Å². The highest BCUT2D eigenvalue weighted by atomic mass is 19.4. The highest BCUT2D eigenvalue weighted by Crippen LogP contribution is 2.25. The number of carbonyl (C=O) groups excluding carboxylic acids is 1. The van der Waals surface area contributed by atoms with Gasteiger partial charge in [-0.15, -0.1) is 0 Å². The molecule has 1 aliphatic rings. The Kier molecular flexibility index (Phi) is 5.71. The van der Waals surface area contributed by atoms with Crippen LogP contribution in [0.3, 0.4) is 0 Å². The lowest BCUT2D eigenvalue weighted by Gasteiger charge is -2.41. The van der Waals surface area contributed by atoms with Gasteiger partial charge in [0.1, 0.15) is 12.2 Å². The fourth-order valence-corrected chi connectivity index (χ4v) is 3.21. The molecule has 0 bridgehead atoms. The highest BCUT2D eigenvalue weighted by Gasteiger charge is 2.37. The molecule has 0 unspecified atom stereocenters. The number of piperazine rings is 1. The van der Waals surface area contributed by atoms with Crippen molar-refractivity contribution in [1.29, 1.82) is 0 Å². The largest absolute Gasteiger partial charge is 0.397 e. The zero-order valence-electron chi connectivity index (χ0n) is 15.6. The molecule has 1 N–H and O–H groups in total. The van der Waals surface area contributed by atoms with Crippen molar-refractivity contribution in [3.05, 3.63) is 24.7 Å². The Morgan fingerprint density at radius 3 is 2.79 bits per heavy atom. The van der Waals surface area contributed by atoms with Gasteiger partial charge in [-0.2, -0.15) is 23.3 Å². The summed E-state index contributed by atoms with van der Waals surface area (Å²) in [7, 11) is 1.80. The Hall–Kier alpha value is -2.85. The molecule has 1 atom stereocenters. The number of rotatable bonds is 5. The van der Waals surface area contributed by atoms with Crippen molar-refractivity contribution in [2.75, 3.05) is 29.9 Å². The van der Waals surface area contributed by atoms with E-state index in [-0.39, 0.29) is 12.6 Å². The molecule has 28 heavy (non-hydrogen) atoms. The molecule has 1 fully saturated rings. The molecule has 3 heterocycles. The van der Waals surface area contributed by atoms with Crippen LogP contribution < -0.4 is 10.2 Å².